The molecule has 5 nitrogen and oxygen atoms in total. The highest BCUT2D eigenvalue weighted by Gasteiger charge is 2.30. The van der Waals surface area contributed by atoms with Crippen LogP contribution < -0.4 is 9.80 Å². The van der Waals surface area contributed by atoms with Crippen molar-refractivity contribution in [2.24, 2.45) is 0 Å². The van der Waals surface area contributed by atoms with E-state index in [4.69, 9.17) is 0 Å². The van der Waals surface area contributed by atoms with Gasteiger partial charge in [-0.05, 0) is 37.1 Å². The molecule has 2 saturated heterocycles. The molecule has 106 valence electrons. The molecule has 2 heterocycles. The summed E-state index contributed by atoms with van der Waals surface area (Å²) in [5, 5.41) is 9.55. The third kappa shape index (κ3) is 2.18. The molecule has 3 rings (SSSR count). The van der Waals surface area contributed by atoms with Crippen molar-refractivity contribution in [1.29, 1.82) is 0 Å². The highest BCUT2D eigenvalue weighted by Crippen LogP contribution is 2.30. The maximum absolute atomic E-state index is 11.8. The van der Waals surface area contributed by atoms with E-state index in [-0.39, 0.29) is 18.2 Å². The average molecular weight is 274 g/mol. The van der Waals surface area contributed by atoms with Crippen LogP contribution in [0.25, 0.3) is 0 Å². The summed E-state index contributed by atoms with van der Waals surface area (Å²) in [7, 11) is 0. The third-order valence-corrected chi connectivity index (χ3v) is 3.96. The van der Waals surface area contributed by atoms with Crippen LogP contribution in [0.5, 0.6) is 0 Å². The molecule has 0 bridgehead atoms. The summed E-state index contributed by atoms with van der Waals surface area (Å²) in [4.78, 5) is 27.0. The van der Waals surface area contributed by atoms with Gasteiger partial charge in [-0.15, -0.1) is 0 Å². The van der Waals surface area contributed by atoms with E-state index in [2.05, 4.69) is 0 Å². The summed E-state index contributed by atoms with van der Waals surface area (Å²) in [5.41, 5.74) is 2.69. The Labute approximate surface area is 117 Å². The second kappa shape index (κ2) is 4.90. The molecule has 2 aliphatic rings. The van der Waals surface area contributed by atoms with Gasteiger partial charge in [0.15, 0.2) is 0 Å². The third-order valence-electron chi connectivity index (χ3n) is 3.96. The van der Waals surface area contributed by atoms with Gasteiger partial charge in [-0.1, -0.05) is 0 Å². The van der Waals surface area contributed by atoms with Crippen molar-refractivity contribution in [3.05, 3.63) is 23.8 Å². The van der Waals surface area contributed by atoms with Gasteiger partial charge in [0.25, 0.3) is 0 Å². The summed E-state index contributed by atoms with van der Waals surface area (Å²) in [6, 6.07) is 5.66. The lowest BCUT2D eigenvalue weighted by Gasteiger charge is -2.22. The Kier molecular flexibility index (Phi) is 3.22. The molecular formula is C15H18N2O3. The number of aliphatic hydroxyl groups is 1. The molecular weight excluding hydrogens is 256 g/mol. The summed E-state index contributed by atoms with van der Waals surface area (Å²) in [5.74, 6) is 0.107. The number of carbonyl (C=O) groups is 2. The van der Waals surface area contributed by atoms with Crippen molar-refractivity contribution >= 4 is 23.2 Å². The molecule has 2 aliphatic heterocycles. The van der Waals surface area contributed by atoms with Crippen molar-refractivity contribution < 1.29 is 14.7 Å². The van der Waals surface area contributed by atoms with Crippen molar-refractivity contribution in [3.8, 4) is 0 Å². The molecule has 1 aromatic carbocycles. The predicted molar refractivity (Wildman–Crippen MR) is 75.7 cm³/mol. The van der Waals surface area contributed by atoms with E-state index in [0.717, 1.165) is 29.9 Å². The number of β-amino-alcohol motifs (C(OH)–C–C–N with tert-alkyl or cyclic N) is 1. The Morgan fingerprint density at radius 2 is 2.00 bits per heavy atom. The Balaban J connectivity index is 1.88. The highest BCUT2D eigenvalue weighted by molar-refractivity contribution is 5.98. The van der Waals surface area contributed by atoms with Gasteiger partial charge in [0, 0.05) is 24.3 Å². The topological polar surface area (TPSA) is 60.9 Å². The highest BCUT2D eigenvalue weighted by atomic mass is 16.3. The van der Waals surface area contributed by atoms with Crippen LogP contribution in [0.2, 0.25) is 0 Å². The monoisotopic (exact) mass is 274 g/mol. The van der Waals surface area contributed by atoms with Crippen molar-refractivity contribution in [2.45, 2.75) is 32.3 Å². The predicted octanol–water partition coefficient (Wildman–Crippen LogP) is 1.22. The number of anilines is 2. The van der Waals surface area contributed by atoms with Crippen LogP contribution in [0, 0.1) is 6.92 Å². The van der Waals surface area contributed by atoms with Crippen LogP contribution in [0.3, 0.4) is 0 Å². The van der Waals surface area contributed by atoms with Crippen molar-refractivity contribution in [1.82, 2.24) is 0 Å². The van der Waals surface area contributed by atoms with Gasteiger partial charge in [0.2, 0.25) is 11.8 Å². The number of hydrogen-bond acceptors (Lipinski definition) is 3. The lowest BCUT2D eigenvalue weighted by atomic mass is 10.1. The van der Waals surface area contributed by atoms with E-state index in [9.17, 15) is 14.7 Å². The Bertz CT molecular complexity index is 570. The summed E-state index contributed by atoms with van der Waals surface area (Å²) >= 11 is 0. The largest absolute Gasteiger partial charge is 0.391 e. The van der Waals surface area contributed by atoms with Crippen molar-refractivity contribution in [3.63, 3.8) is 0 Å². The van der Waals surface area contributed by atoms with E-state index in [1.54, 1.807) is 9.80 Å². The number of amides is 2. The van der Waals surface area contributed by atoms with Gasteiger partial charge in [-0.2, -0.15) is 0 Å². The fourth-order valence-corrected chi connectivity index (χ4v) is 2.95. The smallest absolute Gasteiger partial charge is 0.229 e. The zero-order valence-electron chi connectivity index (χ0n) is 11.5. The van der Waals surface area contributed by atoms with Gasteiger partial charge >= 0.3 is 0 Å². The Morgan fingerprint density at radius 3 is 2.55 bits per heavy atom. The molecule has 2 fully saturated rings. The van der Waals surface area contributed by atoms with E-state index in [1.165, 1.54) is 0 Å². The summed E-state index contributed by atoms with van der Waals surface area (Å²) in [6.45, 7) is 3.06. The number of aryl methyl sites for hydroxylation is 1. The number of nitrogens with zero attached hydrogens (tertiary/aromatic N) is 2. The van der Waals surface area contributed by atoms with Crippen molar-refractivity contribution in [2.75, 3.05) is 22.9 Å². The molecule has 0 radical (unpaired) electrons. The molecule has 0 aromatic heterocycles. The van der Waals surface area contributed by atoms with E-state index < -0.39 is 6.10 Å². The Hall–Kier alpha value is -1.88. The molecule has 0 aliphatic carbocycles. The van der Waals surface area contributed by atoms with Crippen LogP contribution in [0.4, 0.5) is 11.4 Å². The lowest BCUT2D eigenvalue weighted by molar-refractivity contribution is -0.118. The standard InChI is InChI=1S/C15H18N2O3/c1-10-7-11(17-9-12(18)8-15(17)20)4-5-13(10)16-6-2-3-14(16)19/h4-5,7,12,18H,2-3,6,8-9H2,1H3. The van der Waals surface area contributed by atoms with E-state index >= 15 is 0 Å². The molecule has 0 spiro atoms. The van der Waals surface area contributed by atoms with Crippen LogP contribution in [0.15, 0.2) is 18.2 Å². The number of aliphatic hydroxyl groups excluding tert-OH is 1. The molecule has 2 amide bonds. The first kappa shape index (κ1) is 13.1. The SMILES string of the molecule is Cc1cc(N2CC(O)CC2=O)ccc1N1CCCC1=O. The Morgan fingerprint density at radius 1 is 1.20 bits per heavy atom. The molecule has 1 atom stereocenters. The maximum Gasteiger partial charge on any atom is 0.229 e. The zero-order chi connectivity index (χ0) is 14.3. The molecule has 5 heteroatoms. The second-order valence-electron chi connectivity index (χ2n) is 5.48. The van der Waals surface area contributed by atoms with Gasteiger partial charge in [0.05, 0.1) is 19.1 Å². The minimum atomic E-state index is -0.581. The van der Waals surface area contributed by atoms with Crippen LogP contribution >= 0.6 is 0 Å². The fraction of sp³-hybridized carbons (Fsp3) is 0.467. The zero-order valence-corrected chi connectivity index (χ0v) is 11.5. The molecule has 1 unspecified atom stereocenters. The van der Waals surface area contributed by atoms with Crippen LogP contribution in [-0.2, 0) is 9.59 Å². The molecule has 0 saturated carbocycles. The lowest BCUT2D eigenvalue weighted by Crippen LogP contribution is -2.27. The van der Waals surface area contributed by atoms with Gasteiger partial charge in [-0.3, -0.25) is 9.59 Å². The molecule has 1 aromatic rings. The molecule has 20 heavy (non-hydrogen) atoms. The second-order valence-corrected chi connectivity index (χ2v) is 5.48. The first-order chi connectivity index (χ1) is 9.56. The maximum atomic E-state index is 11.8. The van der Waals surface area contributed by atoms with E-state index in [0.29, 0.717) is 13.0 Å². The normalized spacial score (nSPS) is 23.0. The fourth-order valence-electron chi connectivity index (χ4n) is 2.95. The summed E-state index contributed by atoms with van der Waals surface area (Å²) in [6.07, 6.45) is 1.11. The van der Waals surface area contributed by atoms with E-state index in [1.807, 2.05) is 25.1 Å². The van der Waals surface area contributed by atoms with Gasteiger partial charge in [0.1, 0.15) is 0 Å². The summed E-state index contributed by atoms with van der Waals surface area (Å²) < 4.78 is 0. The first-order valence-electron chi connectivity index (χ1n) is 6.95. The number of rotatable bonds is 2. The number of hydrogen-bond donors (Lipinski definition) is 1. The van der Waals surface area contributed by atoms with Gasteiger partial charge < -0.3 is 14.9 Å². The minimum absolute atomic E-state index is 0.0538. The number of benzene rings is 1. The molecule has 1 N–H and O–H groups in total. The van der Waals surface area contributed by atoms with Gasteiger partial charge in [-0.25, -0.2) is 0 Å². The average Bonchev–Trinajstić information content (AvgIpc) is 2.95. The van der Waals surface area contributed by atoms with Crippen LogP contribution in [0.1, 0.15) is 24.8 Å². The first-order valence-corrected chi connectivity index (χ1v) is 6.95. The number of carbonyl (C=O) groups excluding carboxylic acids is 2. The van der Waals surface area contributed by atoms with Crippen LogP contribution in [-0.4, -0.2) is 36.1 Å². The quantitative estimate of drug-likeness (QED) is 0.882. The minimum Gasteiger partial charge on any atom is -0.391 e.